The number of benzene rings is 1. The predicted octanol–water partition coefficient (Wildman–Crippen LogP) is 2.61. The number of hydrogen-bond donors (Lipinski definition) is 2. The summed E-state index contributed by atoms with van der Waals surface area (Å²) < 4.78 is 0.146. The summed E-state index contributed by atoms with van der Waals surface area (Å²) in [5.74, 6) is 0.960. The van der Waals surface area contributed by atoms with Gasteiger partial charge in [-0.15, -0.1) is 23.5 Å². The van der Waals surface area contributed by atoms with E-state index in [0.717, 1.165) is 23.9 Å². The number of carboxylic acids is 1. The van der Waals surface area contributed by atoms with E-state index < -0.39 is 12.1 Å². The van der Waals surface area contributed by atoms with Crippen molar-refractivity contribution in [1.29, 1.82) is 0 Å². The maximum Gasteiger partial charge on any atom is 0.303 e. The predicted molar refractivity (Wildman–Crippen MR) is 83.7 cm³/mol. The summed E-state index contributed by atoms with van der Waals surface area (Å²) >= 11 is 3.45. The average molecular weight is 313 g/mol. The van der Waals surface area contributed by atoms with Gasteiger partial charge in [0.2, 0.25) is 0 Å². The van der Waals surface area contributed by atoms with Crippen molar-refractivity contribution in [2.45, 2.75) is 23.5 Å². The Morgan fingerprint density at radius 1 is 1.30 bits per heavy atom. The fourth-order valence-electron chi connectivity index (χ4n) is 2.02. The van der Waals surface area contributed by atoms with Crippen LogP contribution in [-0.4, -0.2) is 44.0 Å². The summed E-state index contributed by atoms with van der Waals surface area (Å²) in [6, 6.07) is 9.72. The Morgan fingerprint density at radius 2 is 1.95 bits per heavy atom. The molecular weight excluding hydrogens is 294 g/mol. The highest BCUT2D eigenvalue weighted by Crippen LogP contribution is 2.39. The highest BCUT2D eigenvalue weighted by molar-refractivity contribution is 8.17. The lowest BCUT2D eigenvalue weighted by atomic mass is 10.1. The molecule has 0 aliphatic carbocycles. The molecular formula is C14H19NO3S2. The summed E-state index contributed by atoms with van der Waals surface area (Å²) in [7, 11) is 0. The van der Waals surface area contributed by atoms with Gasteiger partial charge in [0.05, 0.1) is 4.58 Å². The third-order valence-corrected chi connectivity index (χ3v) is 6.12. The van der Waals surface area contributed by atoms with E-state index in [0.29, 0.717) is 6.42 Å². The monoisotopic (exact) mass is 313 g/mol. The van der Waals surface area contributed by atoms with Crippen LogP contribution in [0.2, 0.25) is 0 Å². The van der Waals surface area contributed by atoms with Crippen LogP contribution >= 0.6 is 23.5 Å². The molecule has 6 heteroatoms. The third-order valence-electron chi connectivity index (χ3n) is 3.11. The zero-order chi connectivity index (χ0) is 14.4. The van der Waals surface area contributed by atoms with E-state index in [1.165, 1.54) is 0 Å². The van der Waals surface area contributed by atoms with E-state index in [1.807, 2.05) is 30.3 Å². The van der Waals surface area contributed by atoms with Crippen LogP contribution in [0.4, 0.5) is 0 Å². The first-order valence-corrected chi connectivity index (χ1v) is 8.67. The summed E-state index contributed by atoms with van der Waals surface area (Å²) in [6.07, 6.45) is 0.455. The summed E-state index contributed by atoms with van der Waals surface area (Å²) in [6.45, 7) is 0.806. The van der Waals surface area contributed by atoms with Gasteiger partial charge in [0.25, 0.3) is 0 Å². The minimum atomic E-state index is -0.736. The van der Waals surface area contributed by atoms with Crippen molar-refractivity contribution < 1.29 is 15.0 Å². The van der Waals surface area contributed by atoms with E-state index in [1.54, 1.807) is 23.5 Å². The maximum atomic E-state index is 10.5. The minimum absolute atomic E-state index is 0.146. The number of carboxylic acid groups (broad SMARTS) is 1. The normalized spacial score (nSPS) is 18.9. The van der Waals surface area contributed by atoms with Crippen LogP contribution in [-0.2, 0) is 4.79 Å². The molecule has 1 aromatic rings. The van der Waals surface area contributed by atoms with E-state index in [4.69, 9.17) is 5.11 Å². The Bertz CT molecular complexity index is 422. The quantitative estimate of drug-likeness (QED) is 0.842. The summed E-state index contributed by atoms with van der Waals surface area (Å²) in [4.78, 5) is 12.7. The van der Waals surface area contributed by atoms with Gasteiger partial charge in [0.1, 0.15) is 6.10 Å². The second-order valence-corrected chi connectivity index (χ2v) is 7.20. The van der Waals surface area contributed by atoms with Crippen LogP contribution < -0.4 is 0 Å². The fraction of sp³-hybridized carbons (Fsp3) is 0.500. The van der Waals surface area contributed by atoms with Gasteiger partial charge in [-0.05, 0) is 12.0 Å². The number of thioether (sulfide) groups is 2. The molecule has 1 saturated heterocycles. The average Bonchev–Trinajstić information content (AvgIpc) is 2.48. The van der Waals surface area contributed by atoms with Crippen molar-refractivity contribution in [2.24, 2.45) is 0 Å². The van der Waals surface area contributed by atoms with Crippen molar-refractivity contribution in [3.8, 4) is 0 Å². The van der Waals surface area contributed by atoms with Gasteiger partial charge in [0.15, 0.2) is 0 Å². The van der Waals surface area contributed by atoms with Crippen molar-refractivity contribution in [1.82, 2.24) is 4.90 Å². The molecule has 0 spiro atoms. The number of nitrogens with zero attached hydrogens (tertiary/aromatic N) is 1. The topological polar surface area (TPSA) is 60.8 Å². The molecule has 110 valence electrons. The van der Waals surface area contributed by atoms with Crippen LogP contribution in [0, 0.1) is 0 Å². The smallest absolute Gasteiger partial charge is 0.303 e. The third kappa shape index (κ3) is 4.70. The van der Waals surface area contributed by atoms with Gasteiger partial charge in [0, 0.05) is 24.7 Å². The second kappa shape index (κ2) is 7.93. The lowest BCUT2D eigenvalue weighted by Crippen LogP contribution is -2.32. The number of aliphatic carboxylic acids is 1. The van der Waals surface area contributed by atoms with E-state index in [9.17, 15) is 9.90 Å². The van der Waals surface area contributed by atoms with Gasteiger partial charge in [-0.1, -0.05) is 30.3 Å². The number of rotatable bonds is 6. The Balaban J connectivity index is 1.75. The Labute approximate surface area is 127 Å². The Hall–Kier alpha value is -0.690. The van der Waals surface area contributed by atoms with Crippen LogP contribution in [0.25, 0.3) is 0 Å². The Kier molecular flexibility index (Phi) is 6.22. The largest absolute Gasteiger partial charge is 0.481 e. The molecule has 2 N–H and O–H groups in total. The molecule has 1 fully saturated rings. The SMILES string of the molecule is O=C(O)CCCN1CSC(C(O)c2ccccc2)SC1. The molecule has 1 aromatic carbocycles. The van der Waals surface area contributed by atoms with Gasteiger partial charge in [-0.3, -0.25) is 9.69 Å². The zero-order valence-electron chi connectivity index (χ0n) is 11.1. The Morgan fingerprint density at radius 3 is 2.55 bits per heavy atom. The molecule has 1 atom stereocenters. The fourth-order valence-corrected chi connectivity index (χ4v) is 4.72. The summed E-state index contributed by atoms with van der Waals surface area (Å²) in [5.41, 5.74) is 0.955. The molecule has 1 aliphatic heterocycles. The first-order valence-electron chi connectivity index (χ1n) is 6.57. The van der Waals surface area contributed by atoms with E-state index in [2.05, 4.69) is 4.90 Å². The minimum Gasteiger partial charge on any atom is -0.481 e. The van der Waals surface area contributed by atoms with Gasteiger partial charge in [-0.25, -0.2) is 0 Å². The highest BCUT2D eigenvalue weighted by Gasteiger charge is 2.27. The summed E-state index contributed by atoms with van der Waals surface area (Å²) in [5, 5.41) is 19.0. The number of hydrogen-bond acceptors (Lipinski definition) is 5. The number of carbonyl (C=O) groups is 1. The van der Waals surface area contributed by atoms with Crippen molar-refractivity contribution in [3.05, 3.63) is 35.9 Å². The molecule has 20 heavy (non-hydrogen) atoms. The zero-order valence-corrected chi connectivity index (χ0v) is 12.8. The molecule has 0 aromatic heterocycles. The molecule has 0 radical (unpaired) electrons. The van der Waals surface area contributed by atoms with Gasteiger partial charge >= 0.3 is 5.97 Å². The maximum absolute atomic E-state index is 10.5. The first kappa shape index (κ1) is 15.7. The molecule has 1 unspecified atom stereocenters. The van der Waals surface area contributed by atoms with Gasteiger partial charge in [-0.2, -0.15) is 0 Å². The highest BCUT2D eigenvalue weighted by atomic mass is 32.2. The lowest BCUT2D eigenvalue weighted by molar-refractivity contribution is -0.137. The van der Waals surface area contributed by atoms with E-state index >= 15 is 0 Å². The lowest BCUT2D eigenvalue weighted by Gasteiger charge is -2.33. The molecule has 1 aliphatic rings. The van der Waals surface area contributed by atoms with Crippen molar-refractivity contribution in [2.75, 3.05) is 18.3 Å². The molecule has 0 amide bonds. The van der Waals surface area contributed by atoms with Crippen molar-refractivity contribution >= 4 is 29.5 Å². The van der Waals surface area contributed by atoms with Gasteiger partial charge < -0.3 is 10.2 Å². The number of aliphatic hydroxyl groups excluding tert-OH is 1. The van der Waals surface area contributed by atoms with Crippen LogP contribution in [0.1, 0.15) is 24.5 Å². The molecule has 4 nitrogen and oxygen atoms in total. The second-order valence-electron chi connectivity index (χ2n) is 4.71. The van der Waals surface area contributed by atoms with Crippen LogP contribution in [0.15, 0.2) is 30.3 Å². The molecule has 2 rings (SSSR count). The van der Waals surface area contributed by atoms with Crippen LogP contribution in [0.3, 0.4) is 0 Å². The number of aliphatic hydroxyl groups is 1. The molecule has 1 heterocycles. The first-order chi connectivity index (χ1) is 9.66. The molecule has 0 bridgehead atoms. The van der Waals surface area contributed by atoms with Crippen LogP contribution in [0.5, 0.6) is 0 Å². The van der Waals surface area contributed by atoms with Crippen molar-refractivity contribution in [3.63, 3.8) is 0 Å². The molecule has 0 saturated carbocycles. The van der Waals surface area contributed by atoms with E-state index in [-0.39, 0.29) is 11.0 Å². The standard InChI is InChI=1S/C14H19NO3S2/c16-12(17)7-4-8-15-9-19-14(20-10-15)13(18)11-5-2-1-3-6-11/h1-3,5-6,13-14,18H,4,7-10H2,(H,16,17).